The first kappa shape index (κ1) is 16.4. The molecule has 0 spiro atoms. The van der Waals surface area contributed by atoms with Gasteiger partial charge >= 0.3 is 5.97 Å². The van der Waals surface area contributed by atoms with Crippen LogP contribution in [0.15, 0.2) is 11.6 Å². The predicted molar refractivity (Wildman–Crippen MR) is 92.3 cm³/mol. The molecular weight excluding hydrogens is 300 g/mol. The first-order valence-corrected chi connectivity index (χ1v) is 9.77. The average molecular weight is 330 g/mol. The van der Waals surface area contributed by atoms with E-state index in [0.29, 0.717) is 23.5 Å². The van der Waals surface area contributed by atoms with Gasteiger partial charge in [-0.1, -0.05) is 19.9 Å². The van der Waals surface area contributed by atoms with Crippen molar-refractivity contribution in [1.82, 2.24) is 0 Å². The molecule has 6 atom stereocenters. The van der Waals surface area contributed by atoms with Gasteiger partial charge in [0.25, 0.3) is 0 Å². The van der Waals surface area contributed by atoms with E-state index in [1.54, 1.807) is 0 Å². The Morgan fingerprint density at radius 3 is 2.62 bits per heavy atom. The summed E-state index contributed by atoms with van der Waals surface area (Å²) in [5.74, 6) is 2.20. The second kappa shape index (κ2) is 5.44. The van der Waals surface area contributed by atoms with Crippen molar-refractivity contribution in [1.29, 1.82) is 0 Å². The van der Waals surface area contributed by atoms with Gasteiger partial charge in [-0.2, -0.15) is 0 Å². The second-order valence-electron chi connectivity index (χ2n) is 9.10. The number of ether oxygens (including phenoxy) is 1. The van der Waals surface area contributed by atoms with E-state index in [9.17, 15) is 9.59 Å². The van der Waals surface area contributed by atoms with Crippen LogP contribution in [0.4, 0.5) is 0 Å². The molecule has 4 aliphatic carbocycles. The predicted octanol–water partition coefficient (Wildman–Crippen LogP) is 4.45. The molecule has 4 aliphatic rings. The van der Waals surface area contributed by atoms with Crippen molar-refractivity contribution in [2.75, 3.05) is 0 Å². The van der Waals surface area contributed by atoms with Crippen molar-refractivity contribution < 1.29 is 14.3 Å². The Hall–Kier alpha value is -1.12. The fourth-order valence-electron chi connectivity index (χ4n) is 6.85. The number of rotatable bonds is 1. The van der Waals surface area contributed by atoms with Gasteiger partial charge in [0.05, 0.1) is 0 Å². The zero-order valence-electron chi connectivity index (χ0n) is 15.3. The number of esters is 1. The van der Waals surface area contributed by atoms with E-state index >= 15 is 0 Å². The molecule has 0 amide bonds. The van der Waals surface area contributed by atoms with E-state index in [2.05, 4.69) is 19.9 Å². The number of allylic oxidation sites excluding steroid dienone is 1. The molecule has 3 heteroatoms. The molecule has 0 aliphatic heterocycles. The number of ketones is 1. The molecule has 0 aromatic rings. The number of fused-ring (bicyclic) bond motifs is 5. The van der Waals surface area contributed by atoms with Crippen LogP contribution in [0.3, 0.4) is 0 Å². The fourth-order valence-corrected chi connectivity index (χ4v) is 6.85. The van der Waals surface area contributed by atoms with Crippen molar-refractivity contribution in [3.8, 4) is 0 Å². The summed E-state index contributed by atoms with van der Waals surface area (Å²) in [4.78, 5) is 24.0. The van der Waals surface area contributed by atoms with Crippen molar-refractivity contribution in [3.05, 3.63) is 11.6 Å². The van der Waals surface area contributed by atoms with Crippen LogP contribution in [0.2, 0.25) is 0 Å². The van der Waals surface area contributed by atoms with Crippen LogP contribution in [0.5, 0.6) is 0 Å². The minimum atomic E-state index is -0.162. The molecular formula is C21H30O3. The van der Waals surface area contributed by atoms with Gasteiger partial charge < -0.3 is 4.74 Å². The lowest BCUT2D eigenvalue weighted by atomic mass is 9.48. The zero-order valence-corrected chi connectivity index (χ0v) is 15.3. The molecule has 132 valence electrons. The Morgan fingerprint density at radius 1 is 1.12 bits per heavy atom. The Bertz CT molecular complexity index is 606. The van der Waals surface area contributed by atoms with Crippen LogP contribution in [0.1, 0.15) is 72.1 Å². The van der Waals surface area contributed by atoms with Gasteiger partial charge in [-0.3, -0.25) is 9.59 Å². The summed E-state index contributed by atoms with van der Waals surface area (Å²) in [7, 11) is 0. The number of hydrogen-bond donors (Lipinski definition) is 0. The van der Waals surface area contributed by atoms with E-state index in [1.165, 1.54) is 18.9 Å². The topological polar surface area (TPSA) is 43.4 Å². The molecule has 4 rings (SSSR count). The molecule has 3 nitrogen and oxygen atoms in total. The molecule has 0 N–H and O–H groups in total. The summed E-state index contributed by atoms with van der Waals surface area (Å²) in [5, 5.41) is 0. The SMILES string of the molecule is CC(=O)O[C@@H]1CCC[C@@]2(C)C1=CCC1C2CC[C@]2(C)C(=O)CCC12. The monoisotopic (exact) mass is 330 g/mol. The summed E-state index contributed by atoms with van der Waals surface area (Å²) < 4.78 is 5.67. The number of carbonyl (C=O) groups excluding carboxylic acids is 2. The van der Waals surface area contributed by atoms with E-state index < -0.39 is 0 Å². The summed E-state index contributed by atoms with van der Waals surface area (Å²) in [6.07, 6.45) is 10.8. The third-order valence-corrected chi connectivity index (χ3v) is 8.05. The maximum absolute atomic E-state index is 12.5. The highest BCUT2D eigenvalue weighted by molar-refractivity contribution is 5.87. The summed E-state index contributed by atoms with van der Waals surface area (Å²) in [5.41, 5.74) is 1.49. The molecule has 24 heavy (non-hydrogen) atoms. The molecule has 3 fully saturated rings. The van der Waals surface area contributed by atoms with E-state index in [-0.39, 0.29) is 22.9 Å². The lowest BCUT2D eigenvalue weighted by Crippen LogP contribution is -2.51. The molecule has 0 heterocycles. The molecule has 0 aromatic carbocycles. The standard InChI is InChI=1S/C21H30O3/c1-13(22)24-18-5-4-11-20(2)16-10-12-21(3)15(8-9-19(21)23)14(16)6-7-17(18)20/h7,14-16,18H,4-6,8-12H2,1-3H3/t14?,15?,16?,18-,20-,21+/m1/s1. The van der Waals surface area contributed by atoms with Crippen molar-refractivity contribution in [3.63, 3.8) is 0 Å². The summed E-state index contributed by atoms with van der Waals surface area (Å²) in [6.45, 7) is 6.16. The van der Waals surface area contributed by atoms with E-state index in [1.807, 2.05) is 0 Å². The molecule has 3 saturated carbocycles. The highest BCUT2D eigenvalue weighted by Crippen LogP contribution is 2.64. The Morgan fingerprint density at radius 2 is 1.88 bits per heavy atom. The average Bonchev–Trinajstić information content (AvgIpc) is 2.82. The van der Waals surface area contributed by atoms with Crippen molar-refractivity contribution in [2.24, 2.45) is 28.6 Å². The molecule has 0 saturated heterocycles. The lowest BCUT2D eigenvalue weighted by molar-refractivity contribution is -0.148. The van der Waals surface area contributed by atoms with Gasteiger partial charge in [0, 0.05) is 18.8 Å². The number of hydrogen-bond acceptors (Lipinski definition) is 3. The van der Waals surface area contributed by atoms with Crippen LogP contribution < -0.4 is 0 Å². The first-order chi connectivity index (χ1) is 11.4. The smallest absolute Gasteiger partial charge is 0.303 e. The Labute approximate surface area is 145 Å². The number of carbonyl (C=O) groups is 2. The Balaban J connectivity index is 1.67. The fraction of sp³-hybridized carbons (Fsp3) is 0.810. The minimum Gasteiger partial charge on any atom is -0.458 e. The third-order valence-electron chi connectivity index (χ3n) is 8.05. The number of Topliss-reactive ketones (excluding diaryl/α,β-unsaturated/α-hetero) is 1. The zero-order chi connectivity index (χ0) is 17.1. The van der Waals surface area contributed by atoms with Crippen LogP contribution in [-0.2, 0) is 14.3 Å². The molecule has 3 unspecified atom stereocenters. The first-order valence-electron chi connectivity index (χ1n) is 9.77. The molecule has 0 bridgehead atoms. The van der Waals surface area contributed by atoms with Gasteiger partial charge in [0.15, 0.2) is 0 Å². The summed E-state index contributed by atoms with van der Waals surface area (Å²) >= 11 is 0. The highest BCUT2D eigenvalue weighted by Gasteiger charge is 2.59. The quantitative estimate of drug-likeness (QED) is 0.527. The van der Waals surface area contributed by atoms with E-state index in [0.717, 1.165) is 44.9 Å². The van der Waals surface area contributed by atoms with Crippen molar-refractivity contribution >= 4 is 11.8 Å². The normalized spacial score (nSPS) is 47.3. The maximum atomic E-state index is 12.5. The van der Waals surface area contributed by atoms with Crippen LogP contribution >= 0.6 is 0 Å². The summed E-state index contributed by atoms with van der Waals surface area (Å²) in [6, 6.07) is 0. The lowest BCUT2D eigenvalue weighted by Gasteiger charge is -2.57. The van der Waals surface area contributed by atoms with Gasteiger partial charge in [0.2, 0.25) is 0 Å². The van der Waals surface area contributed by atoms with Crippen molar-refractivity contribution in [2.45, 2.75) is 78.2 Å². The highest BCUT2D eigenvalue weighted by atomic mass is 16.5. The minimum absolute atomic E-state index is 0.0132. The maximum Gasteiger partial charge on any atom is 0.303 e. The van der Waals surface area contributed by atoms with Gasteiger partial charge in [-0.05, 0) is 73.7 Å². The van der Waals surface area contributed by atoms with E-state index in [4.69, 9.17) is 4.74 Å². The van der Waals surface area contributed by atoms with Crippen LogP contribution in [0.25, 0.3) is 0 Å². The Kier molecular flexibility index (Phi) is 3.71. The molecule has 0 radical (unpaired) electrons. The second-order valence-corrected chi connectivity index (χ2v) is 9.10. The van der Waals surface area contributed by atoms with Gasteiger partial charge in [0.1, 0.15) is 11.9 Å². The molecule has 0 aromatic heterocycles. The van der Waals surface area contributed by atoms with Gasteiger partial charge in [-0.25, -0.2) is 0 Å². The van der Waals surface area contributed by atoms with Gasteiger partial charge in [-0.15, -0.1) is 0 Å². The van der Waals surface area contributed by atoms with Crippen LogP contribution in [-0.4, -0.2) is 17.9 Å². The van der Waals surface area contributed by atoms with Crippen LogP contribution in [0, 0.1) is 28.6 Å². The largest absolute Gasteiger partial charge is 0.458 e. The third kappa shape index (κ3) is 2.16.